The third-order valence-electron chi connectivity index (χ3n) is 2.20. The van der Waals surface area contributed by atoms with Gasteiger partial charge in [0, 0.05) is 12.5 Å². The fraction of sp³-hybridized carbons (Fsp3) is 0.667. The minimum absolute atomic E-state index is 0.0520. The monoisotopic (exact) mass is 256 g/mol. The van der Waals surface area contributed by atoms with Crippen LogP contribution in [0.5, 0.6) is 0 Å². The third kappa shape index (κ3) is 3.78. The molecule has 0 saturated carbocycles. The second-order valence-corrected chi connectivity index (χ2v) is 5.46. The molecule has 1 atom stereocenters. The highest BCUT2D eigenvalue weighted by molar-refractivity contribution is 7.13. The van der Waals surface area contributed by atoms with Crippen molar-refractivity contribution in [1.29, 1.82) is 0 Å². The van der Waals surface area contributed by atoms with Crippen LogP contribution >= 0.6 is 11.3 Å². The first kappa shape index (κ1) is 14.1. The lowest BCUT2D eigenvalue weighted by Crippen LogP contribution is -2.17. The molecule has 2 N–H and O–H groups in total. The topological polar surface area (TPSA) is 65.2 Å². The molecule has 0 saturated heterocycles. The average Bonchev–Trinajstić information content (AvgIpc) is 2.61. The predicted octanol–water partition coefficient (Wildman–Crippen LogP) is 2.33. The molecule has 0 radical (unpaired) electrons. The third-order valence-corrected chi connectivity index (χ3v) is 3.28. The number of nitrogens with zero attached hydrogens (tertiary/aromatic N) is 1. The fourth-order valence-electron chi connectivity index (χ4n) is 1.47. The standard InChI is InChI=1S/C12H20N2O2S/c1-5-16-12(15)11-10(7(2)3)14-9(17-11)6-8(4)13/h7-8H,5-6,13H2,1-4H3. The molecule has 0 amide bonds. The van der Waals surface area contributed by atoms with Crippen LogP contribution in [0.15, 0.2) is 0 Å². The number of carbonyl (C=O) groups excluding carboxylic acids is 1. The number of thiazole rings is 1. The van der Waals surface area contributed by atoms with Gasteiger partial charge in [0.05, 0.1) is 17.3 Å². The van der Waals surface area contributed by atoms with Crippen LogP contribution in [-0.4, -0.2) is 23.6 Å². The molecule has 0 bridgehead atoms. The predicted molar refractivity (Wildman–Crippen MR) is 69.5 cm³/mol. The van der Waals surface area contributed by atoms with E-state index in [-0.39, 0.29) is 17.9 Å². The molecule has 1 heterocycles. The van der Waals surface area contributed by atoms with E-state index in [0.29, 0.717) is 17.9 Å². The highest BCUT2D eigenvalue weighted by Gasteiger charge is 2.21. The summed E-state index contributed by atoms with van der Waals surface area (Å²) < 4.78 is 5.04. The highest BCUT2D eigenvalue weighted by Crippen LogP contribution is 2.26. The van der Waals surface area contributed by atoms with E-state index in [9.17, 15) is 4.79 Å². The minimum atomic E-state index is -0.273. The largest absolute Gasteiger partial charge is 0.462 e. The summed E-state index contributed by atoms with van der Waals surface area (Å²) in [4.78, 5) is 16.9. The molecule has 1 aromatic heterocycles. The van der Waals surface area contributed by atoms with Gasteiger partial charge in [0.2, 0.25) is 0 Å². The maximum Gasteiger partial charge on any atom is 0.350 e. The molecule has 1 unspecified atom stereocenters. The van der Waals surface area contributed by atoms with E-state index in [4.69, 9.17) is 10.5 Å². The van der Waals surface area contributed by atoms with E-state index < -0.39 is 0 Å². The molecular formula is C12H20N2O2S. The Bertz CT molecular complexity index is 386. The van der Waals surface area contributed by atoms with Gasteiger partial charge in [0.15, 0.2) is 0 Å². The Morgan fingerprint density at radius 2 is 2.12 bits per heavy atom. The lowest BCUT2D eigenvalue weighted by molar-refractivity contribution is 0.0530. The first-order chi connectivity index (χ1) is 7.95. The first-order valence-electron chi connectivity index (χ1n) is 5.88. The molecule has 96 valence electrons. The van der Waals surface area contributed by atoms with Crippen molar-refractivity contribution < 1.29 is 9.53 Å². The lowest BCUT2D eigenvalue weighted by Gasteiger charge is -2.04. The summed E-state index contributed by atoms with van der Waals surface area (Å²) in [7, 11) is 0. The summed E-state index contributed by atoms with van der Waals surface area (Å²) in [6.45, 7) is 8.16. The zero-order chi connectivity index (χ0) is 13.0. The number of hydrogen-bond acceptors (Lipinski definition) is 5. The van der Waals surface area contributed by atoms with Crippen molar-refractivity contribution in [2.24, 2.45) is 5.73 Å². The molecule has 0 aliphatic carbocycles. The van der Waals surface area contributed by atoms with Gasteiger partial charge in [0.25, 0.3) is 0 Å². The molecule has 0 aliphatic rings. The first-order valence-corrected chi connectivity index (χ1v) is 6.69. The minimum Gasteiger partial charge on any atom is -0.462 e. The summed E-state index contributed by atoms with van der Waals surface area (Å²) in [6.07, 6.45) is 0.698. The zero-order valence-corrected chi connectivity index (χ0v) is 11.6. The van der Waals surface area contributed by atoms with Gasteiger partial charge < -0.3 is 10.5 Å². The van der Waals surface area contributed by atoms with Crippen LogP contribution in [0.2, 0.25) is 0 Å². The molecular weight excluding hydrogens is 236 g/mol. The van der Waals surface area contributed by atoms with Gasteiger partial charge in [-0.25, -0.2) is 9.78 Å². The van der Waals surface area contributed by atoms with Gasteiger partial charge in [-0.15, -0.1) is 11.3 Å². The van der Waals surface area contributed by atoms with Crippen molar-refractivity contribution in [2.75, 3.05) is 6.61 Å². The van der Waals surface area contributed by atoms with Gasteiger partial charge in [-0.2, -0.15) is 0 Å². The smallest absolute Gasteiger partial charge is 0.350 e. The van der Waals surface area contributed by atoms with Crippen molar-refractivity contribution in [3.05, 3.63) is 15.6 Å². The molecule has 0 spiro atoms. The Labute approximate surface area is 106 Å². The highest BCUT2D eigenvalue weighted by atomic mass is 32.1. The van der Waals surface area contributed by atoms with E-state index >= 15 is 0 Å². The molecule has 1 aromatic rings. The Morgan fingerprint density at radius 1 is 1.47 bits per heavy atom. The summed E-state index contributed by atoms with van der Waals surface area (Å²) in [5.41, 5.74) is 6.57. The van der Waals surface area contributed by atoms with Crippen LogP contribution in [0.1, 0.15) is 54.0 Å². The van der Waals surface area contributed by atoms with Crippen molar-refractivity contribution in [1.82, 2.24) is 4.98 Å². The van der Waals surface area contributed by atoms with Gasteiger partial charge in [0.1, 0.15) is 4.88 Å². The Balaban J connectivity index is 3.00. The number of carbonyl (C=O) groups is 1. The van der Waals surface area contributed by atoms with Crippen molar-refractivity contribution in [3.63, 3.8) is 0 Å². The number of hydrogen-bond donors (Lipinski definition) is 1. The van der Waals surface area contributed by atoms with Gasteiger partial charge in [-0.05, 0) is 19.8 Å². The van der Waals surface area contributed by atoms with Crippen LogP contribution in [0.3, 0.4) is 0 Å². The maximum atomic E-state index is 11.8. The summed E-state index contributed by atoms with van der Waals surface area (Å²) in [6, 6.07) is 0.0520. The van der Waals surface area contributed by atoms with Crippen LogP contribution in [0.4, 0.5) is 0 Å². The van der Waals surface area contributed by atoms with Crippen LogP contribution in [-0.2, 0) is 11.2 Å². The van der Waals surface area contributed by atoms with Gasteiger partial charge >= 0.3 is 5.97 Å². The molecule has 0 aromatic carbocycles. The quantitative estimate of drug-likeness (QED) is 0.821. The Morgan fingerprint density at radius 3 is 2.59 bits per heavy atom. The molecule has 4 nitrogen and oxygen atoms in total. The summed E-state index contributed by atoms with van der Waals surface area (Å²) >= 11 is 1.40. The van der Waals surface area contributed by atoms with Crippen LogP contribution < -0.4 is 5.73 Å². The number of rotatable bonds is 5. The Hall–Kier alpha value is -0.940. The second kappa shape index (κ2) is 6.12. The van der Waals surface area contributed by atoms with Gasteiger partial charge in [-0.3, -0.25) is 0 Å². The number of ether oxygens (including phenoxy) is 1. The lowest BCUT2D eigenvalue weighted by atomic mass is 10.1. The zero-order valence-electron chi connectivity index (χ0n) is 10.8. The fourth-order valence-corrected chi connectivity index (χ4v) is 2.73. The second-order valence-electron chi connectivity index (χ2n) is 4.38. The summed E-state index contributed by atoms with van der Waals surface area (Å²) in [5, 5.41) is 0.909. The number of nitrogens with two attached hydrogens (primary N) is 1. The van der Waals surface area contributed by atoms with Crippen LogP contribution in [0, 0.1) is 0 Å². The molecule has 0 aliphatic heterocycles. The van der Waals surface area contributed by atoms with E-state index in [1.807, 2.05) is 20.8 Å². The van der Waals surface area contributed by atoms with Crippen molar-refractivity contribution in [2.45, 2.75) is 46.1 Å². The van der Waals surface area contributed by atoms with E-state index in [2.05, 4.69) is 4.98 Å². The van der Waals surface area contributed by atoms with Crippen molar-refractivity contribution >= 4 is 17.3 Å². The molecule has 1 rings (SSSR count). The van der Waals surface area contributed by atoms with Crippen molar-refractivity contribution in [3.8, 4) is 0 Å². The van der Waals surface area contributed by atoms with E-state index in [1.54, 1.807) is 6.92 Å². The van der Waals surface area contributed by atoms with Crippen LogP contribution in [0.25, 0.3) is 0 Å². The average molecular weight is 256 g/mol. The number of aromatic nitrogens is 1. The Kier molecular flexibility index (Phi) is 5.08. The van der Waals surface area contributed by atoms with Gasteiger partial charge in [-0.1, -0.05) is 13.8 Å². The normalized spacial score (nSPS) is 12.8. The maximum absolute atomic E-state index is 11.8. The molecule has 17 heavy (non-hydrogen) atoms. The summed E-state index contributed by atoms with van der Waals surface area (Å²) in [5.74, 6) is -0.0582. The molecule has 0 fully saturated rings. The number of esters is 1. The van der Waals surface area contributed by atoms with E-state index in [1.165, 1.54) is 11.3 Å². The van der Waals surface area contributed by atoms with E-state index in [0.717, 1.165) is 10.7 Å². The SMILES string of the molecule is CCOC(=O)c1sc(CC(C)N)nc1C(C)C. The molecule has 5 heteroatoms.